The van der Waals surface area contributed by atoms with Crippen LogP contribution in [-0.4, -0.2) is 6.04 Å². The number of nitrogens with two attached hydrogens (primary N) is 1. The van der Waals surface area contributed by atoms with E-state index in [0.717, 1.165) is 16.9 Å². The molecule has 2 aromatic carbocycles. The van der Waals surface area contributed by atoms with E-state index in [4.69, 9.17) is 15.7 Å². The zero-order valence-electron chi connectivity index (χ0n) is 11.3. The largest absolute Gasteiger partial charge is 0.489 e. The maximum Gasteiger partial charge on any atom is 0.119 e. The van der Waals surface area contributed by atoms with E-state index < -0.39 is 0 Å². The summed E-state index contributed by atoms with van der Waals surface area (Å²) in [7, 11) is 0. The standard InChI is InChI=1S/C17H18N2O/c18-11-10-16(19)12-14-6-8-17(9-7-14)20-13-15-4-2-1-3-5-15/h1-9,16H,10,12-13,19H2/t16-/m1/s1. The van der Waals surface area contributed by atoms with Crippen LogP contribution in [-0.2, 0) is 13.0 Å². The Balaban J connectivity index is 1.87. The Morgan fingerprint density at radius 3 is 2.35 bits per heavy atom. The fraction of sp³-hybridized carbons (Fsp3) is 0.235. The van der Waals surface area contributed by atoms with E-state index in [1.54, 1.807) is 0 Å². The van der Waals surface area contributed by atoms with Crippen LogP contribution in [0.4, 0.5) is 0 Å². The van der Waals surface area contributed by atoms with Gasteiger partial charge in [-0.3, -0.25) is 0 Å². The van der Waals surface area contributed by atoms with Gasteiger partial charge in [0.2, 0.25) is 0 Å². The average Bonchev–Trinajstić information content (AvgIpc) is 2.48. The van der Waals surface area contributed by atoms with Crippen LogP contribution in [0.3, 0.4) is 0 Å². The highest BCUT2D eigenvalue weighted by molar-refractivity contribution is 5.28. The third-order valence-electron chi connectivity index (χ3n) is 3.02. The highest BCUT2D eigenvalue weighted by Gasteiger charge is 2.03. The Morgan fingerprint density at radius 1 is 1.00 bits per heavy atom. The molecule has 0 spiro atoms. The van der Waals surface area contributed by atoms with E-state index >= 15 is 0 Å². The van der Waals surface area contributed by atoms with Gasteiger partial charge in [0.05, 0.1) is 12.5 Å². The molecule has 0 fully saturated rings. The van der Waals surface area contributed by atoms with Crippen LogP contribution in [0.25, 0.3) is 0 Å². The third-order valence-corrected chi connectivity index (χ3v) is 3.02. The molecule has 2 aromatic rings. The Kier molecular flexibility index (Phi) is 5.16. The van der Waals surface area contributed by atoms with Crippen LogP contribution in [0.5, 0.6) is 5.75 Å². The van der Waals surface area contributed by atoms with Crippen molar-refractivity contribution in [1.82, 2.24) is 0 Å². The van der Waals surface area contributed by atoms with Crippen LogP contribution in [0.1, 0.15) is 17.5 Å². The highest BCUT2D eigenvalue weighted by atomic mass is 16.5. The Labute approximate surface area is 119 Å². The Hall–Kier alpha value is -2.31. The first-order valence-electron chi connectivity index (χ1n) is 6.66. The number of benzene rings is 2. The fourth-order valence-corrected chi connectivity index (χ4v) is 1.95. The number of hydrogen-bond acceptors (Lipinski definition) is 3. The molecule has 0 aliphatic carbocycles. The normalized spacial score (nSPS) is 11.6. The molecule has 3 heteroatoms. The van der Waals surface area contributed by atoms with Gasteiger partial charge in [0.25, 0.3) is 0 Å². The van der Waals surface area contributed by atoms with Gasteiger partial charge in [-0.15, -0.1) is 0 Å². The number of hydrogen-bond donors (Lipinski definition) is 1. The molecule has 2 N–H and O–H groups in total. The van der Waals surface area contributed by atoms with Crippen LogP contribution in [0, 0.1) is 11.3 Å². The lowest BCUT2D eigenvalue weighted by Crippen LogP contribution is -2.21. The molecule has 102 valence electrons. The summed E-state index contributed by atoms with van der Waals surface area (Å²) in [6, 6.07) is 19.9. The van der Waals surface area contributed by atoms with Crippen molar-refractivity contribution in [2.75, 3.05) is 0 Å². The minimum absolute atomic E-state index is 0.101. The van der Waals surface area contributed by atoms with Gasteiger partial charge >= 0.3 is 0 Å². The van der Waals surface area contributed by atoms with Crippen molar-refractivity contribution >= 4 is 0 Å². The summed E-state index contributed by atoms with van der Waals surface area (Å²) in [6.07, 6.45) is 1.10. The molecule has 0 bridgehead atoms. The van der Waals surface area contributed by atoms with Crippen molar-refractivity contribution in [2.24, 2.45) is 5.73 Å². The van der Waals surface area contributed by atoms with Gasteiger partial charge in [0.1, 0.15) is 12.4 Å². The van der Waals surface area contributed by atoms with Gasteiger partial charge in [-0.05, 0) is 29.7 Å². The molecule has 0 aromatic heterocycles. The maximum atomic E-state index is 8.59. The van der Waals surface area contributed by atoms with E-state index in [2.05, 4.69) is 6.07 Å². The van der Waals surface area contributed by atoms with Gasteiger partial charge in [0, 0.05) is 6.04 Å². The first kappa shape index (κ1) is 14.1. The molecule has 0 saturated carbocycles. The summed E-state index contributed by atoms with van der Waals surface area (Å²) in [4.78, 5) is 0. The second kappa shape index (κ2) is 7.32. The monoisotopic (exact) mass is 266 g/mol. The average molecular weight is 266 g/mol. The van der Waals surface area contributed by atoms with Gasteiger partial charge in [0.15, 0.2) is 0 Å². The molecule has 1 atom stereocenters. The summed E-state index contributed by atoms with van der Waals surface area (Å²) in [5, 5.41) is 8.59. The zero-order valence-corrected chi connectivity index (χ0v) is 11.3. The minimum Gasteiger partial charge on any atom is -0.489 e. The van der Waals surface area contributed by atoms with Crippen molar-refractivity contribution in [3.63, 3.8) is 0 Å². The maximum absolute atomic E-state index is 8.59. The van der Waals surface area contributed by atoms with Crippen LogP contribution in [0.2, 0.25) is 0 Å². The minimum atomic E-state index is -0.101. The lowest BCUT2D eigenvalue weighted by Gasteiger charge is -2.09. The van der Waals surface area contributed by atoms with Crippen molar-refractivity contribution in [3.05, 3.63) is 65.7 Å². The molecular formula is C17H18N2O. The SMILES string of the molecule is N#CC[C@@H](N)Cc1ccc(OCc2ccccc2)cc1. The van der Waals surface area contributed by atoms with E-state index in [1.165, 1.54) is 0 Å². The quantitative estimate of drug-likeness (QED) is 0.874. The van der Waals surface area contributed by atoms with Gasteiger partial charge < -0.3 is 10.5 Å². The molecule has 0 saturated heterocycles. The fourth-order valence-electron chi connectivity index (χ4n) is 1.95. The summed E-state index contributed by atoms with van der Waals surface area (Å²) in [6.45, 7) is 0.564. The molecule has 0 aliphatic heterocycles. The Bertz CT molecular complexity index is 558. The first-order valence-corrected chi connectivity index (χ1v) is 6.66. The van der Waals surface area contributed by atoms with Crippen molar-refractivity contribution < 1.29 is 4.74 Å². The predicted octanol–water partition coefficient (Wildman–Crippen LogP) is 3.05. The smallest absolute Gasteiger partial charge is 0.119 e. The third kappa shape index (κ3) is 4.42. The van der Waals surface area contributed by atoms with E-state index in [0.29, 0.717) is 19.4 Å². The molecular weight excluding hydrogens is 248 g/mol. The zero-order chi connectivity index (χ0) is 14.2. The summed E-state index contributed by atoms with van der Waals surface area (Å²) in [5.74, 6) is 0.839. The van der Waals surface area contributed by atoms with Crippen LogP contribution < -0.4 is 10.5 Å². The van der Waals surface area contributed by atoms with Crippen molar-refractivity contribution in [2.45, 2.75) is 25.5 Å². The lowest BCUT2D eigenvalue weighted by molar-refractivity contribution is 0.306. The first-order chi connectivity index (χ1) is 9.78. The molecule has 0 unspecified atom stereocenters. The predicted molar refractivity (Wildman–Crippen MR) is 79.1 cm³/mol. The van der Waals surface area contributed by atoms with Gasteiger partial charge in [-0.1, -0.05) is 42.5 Å². The summed E-state index contributed by atoms with van der Waals surface area (Å²) < 4.78 is 5.72. The lowest BCUT2D eigenvalue weighted by atomic mass is 10.0. The van der Waals surface area contributed by atoms with Crippen LogP contribution >= 0.6 is 0 Å². The van der Waals surface area contributed by atoms with Crippen molar-refractivity contribution in [1.29, 1.82) is 5.26 Å². The molecule has 0 radical (unpaired) electrons. The topological polar surface area (TPSA) is 59.0 Å². The second-order valence-corrected chi connectivity index (χ2v) is 4.74. The van der Waals surface area contributed by atoms with E-state index in [-0.39, 0.29) is 6.04 Å². The number of nitrogens with zero attached hydrogens (tertiary/aromatic N) is 1. The number of nitriles is 1. The molecule has 0 aliphatic rings. The van der Waals surface area contributed by atoms with Crippen LogP contribution in [0.15, 0.2) is 54.6 Å². The molecule has 20 heavy (non-hydrogen) atoms. The van der Waals surface area contributed by atoms with E-state index in [9.17, 15) is 0 Å². The highest BCUT2D eigenvalue weighted by Crippen LogP contribution is 2.15. The molecule has 0 amide bonds. The second-order valence-electron chi connectivity index (χ2n) is 4.74. The molecule has 2 rings (SSSR count). The van der Waals surface area contributed by atoms with Gasteiger partial charge in [-0.2, -0.15) is 5.26 Å². The summed E-state index contributed by atoms with van der Waals surface area (Å²) in [5.41, 5.74) is 8.11. The van der Waals surface area contributed by atoms with E-state index in [1.807, 2.05) is 54.6 Å². The summed E-state index contributed by atoms with van der Waals surface area (Å²) >= 11 is 0. The number of rotatable bonds is 6. The molecule has 3 nitrogen and oxygen atoms in total. The Morgan fingerprint density at radius 2 is 1.70 bits per heavy atom. The molecule has 0 heterocycles. The number of ether oxygens (including phenoxy) is 1. The van der Waals surface area contributed by atoms with Crippen molar-refractivity contribution in [3.8, 4) is 11.8 Å². The van der Waals surface area contributed by atoms with Gasteiger partial charge in [-0.25, -0.2) is 0 Å².